The number of hydrogen-bond acceptors (Lipinski definition) is 6. The third-order valence-corrected chi connectivity index (χ3v) is 4.35. The van der Waals surface area contributed by atoms with Crippen molar-refractivity contribution in [2.75, 3.05) is 27.3 Å². The fraction of sp³-hybridized carbons (Fsp3) is 0.375. The Morgan fingerprint density at radius 3 is 2.50 bits per heavy atom. The molecule has 2 N–H and O–H groups in total. The van der Waals surface area contributed by atoms with Gasteiger partial charge in [0.2, 0.25) is 0 Å². The summed E-state index contributed by atoms with van der Waals surface area (Å²) in [5.74, 6) is -0.255. The van der Waals surface area contributed by atoms with Crippen molar-refractivity contribution in [1.29, 1.82) is 0 Å². The van der Waals surface area contributed by atoms with Crippen molar-refractivity contribution in [3.8, 4) is 0 Å². The molecule has 1 aromatic carbocycles. The number of rotatable bonds is 6. The molecular weight excluding hydrogens is 344 g/mol. The fourth-order valence-electron chi connectivity index (χ4n) is 3.04. The minimum Gasteiger partial charge on any atom is -0.354 e. The Hall–Kier alpha value is -2.98. The monoisotopic (exact) mass is 362 g/mol. The van der Waals surface area contributed by atoms with E-state index in [-0.39, 0.29) is 24.7 Å². The van der Waals surface area contributed by atoms with E-state index in [4.69, 9.17) is 9.47 Å². The van der Waals surface area contributed by atoms with Crippen molar-refractivity contribution in [3.63, 3.8) is 0 Å². The Morgan fingerprint density at radius 1 is 1.27 bits per heavy atom. The topological polar surface area (TPSA) is 123 Å². The van der Waals surface area contributed by atoms with E-state index in [2.05, 4.69) is 10.6 Å². The lowest BCUT2D eigenvalue weighted by atomic mass is 9.96. The van der Waals surface area contributed by atoms with Crippen LogP contribution in [0.4, 0.5) is 10.5 Å². The fourth-order valence-corrected chi connectivity index (χ4v) is 3.04. The van der Waals surface area contributed by atoms with E-state index in [1.54, 1.807) is 0 Å². The van der Waals surface area contributed by atoms with Gasteiger partial charge in [0.05, 0.1) is 35.3 Å². The highest BCUT2D eigenvalue weighted by Crippen LogP contribution is 2.33. The number of nitrogens with one attached hydrogen (secondary N) is 2. The number of hydrogen-bond donors (Lipinski definition) is 2. The molecule has 10 heteroatoms. The lowest BCUT2D eigenvalue weighted by molar-refractivity contribution is -0.384. The summed E-state index contributed by atoms with van der Waals surface area (Å²) in [6.07, 6.45) is -0.582. The molecular formula is C16H18N4O6. The molecule has 0 fully saturated rings. The van der Waals surface area contributed by atoms with E-state index in [1.807, 2.05) is 0 Å². The lowest BCUT2D eigenvalue weighted by Gasteiger charge is -2.25. The van der Waals surface area contributed by atoms with Crippen LogP contribution in [-0.2, 0) is 14.3 Å². The zero-order chi connectivity index (χ0) is 18.8. The molecule has 0 unspecified atom stereocenters. The molecule has 1 atom stereocenters. The molecule has 26 heavy (non-hydrogen) atoms. The minimum absolute atomic E-state index is 0.0642. The van der Waals surface area contributed by atoms with Gasteiger partial charge in [-0.05, 0) is 17.7 Å². The van der Waals surface area contributed by atoms with Crippen LogP contribution in [0.2, 0.25) is 0 Å². The molecule has 10 nitrogen and oxygen atoms in total. The second kappa shape index (κ2) is 7.10. The number of non-ortho nitro benzene ring substituents is 1. The first kappa shape index (κ1) is 17.8. The van der Waals surface area contributed by atoms with Gasteiger partial charge in [-0.3, -0.25) is 14.9 Å². The molecule has 3 amide bonds. The molecule has 0 aromatic heterocycles. The molecule has 2 heterocycles. The smallest absolute Gasteiger partial charge is 0.319 e. The van der Waals surface area contributed by atoms with Gasteiger partial charge in [0, 0.05) is 26.4 Å². The molecule has 0 bridgehead atoms. The number of benzene rings is 1. The predicted molar refractivity (Wildman–Crippen MR) is 88.9 cm³/mol. The van der Waals surface area contributed by atoms with Crippen molar-refractivity contribution >= 4 is 17.6 Å². The quantitative estimate of drug-likeness (QED) is 0.435. The third-order valence-electron chi connectivity index (χ3n) is 4.35. The Labute approximate surface area is 148 Å². The maximum Gasteiger partial charge on any atom is 0.319 e. The Morgan fingerprint density at radius 2 is 1.92 bits per heavy atom. The van der Waals surface area contributed by atoms with Crippen molar-refractivity contribution in [2.24, 2.45) is 0 Å². The van der Waals surface area contributed by atoms with E-state index >= 15 is 0 Å². The molecule has 0 aliphatic carbocycles. The van der Waals surface area contributed by atoms with E-state index < -0.39 is 23.3 Å². The van der Waals surface area contributed by atoms with Crippen LogP contribution in [0.1, 0.15) is 11.6 Å². The van der Waals surface area contributed by atoms with Crippen LogP contribution < -0.4 is 10.6 Å². The van der Waals surface area contributed by atoms with Crippen LogP contribution in [0, 0.1) is 10.1 Å². The average Bonchev–Trinajstić information content (AvgIpc) is 2.94. The van der Waals surface area contributed by atoms with E-state index in [1.165, 1.54) is 43.4 Å². The maximum atomic E-state index is 12.8. The van der Waals surface area contributed by atoms with Crippen LogP contribution in [0.3, 0.4) is 0 Å². The van der Waals surface area contributed by atoms with Crippen LogP contribution in [0.15, 0.2) is 35.5 Å². The summed E-state index contributed by atoms with van der Waals surface area (Å²) in [4.78, 5) is 36.6. The molecule has 3 rings (SSSR count). The Kier molecular flexibility index (Phi) is 4.87. The van der Waals surface area contributed by atoms with Gasteiger partial charge in [0.1, 0.15) is 0 Å². The number of ether oxygens (including phenoxy) is 2. The van der Waals surface area contributed by atoms with Gasteiger partial charge in [-0.2, -0.15) is 0 Å². The zero-order valence-electron chi connectivity index (χ0n) is 14.2. The van der Waals surface area contributed by atoms with Gasteiger partial charge in [0.15, 0.2) is 6.29 Å². The van der Waals surface area contributed by atoms with Crippen LogP contribution >= 0.6 is 0 Å². The second-order valence-corrected chi connectivity index (χ2v) is 5.86. The summed E-state index contributed by atoms with van der Waals surface area (Å²) in [5, 5.41) is 16.2. The van der Waals surface area contributed by atoms with Crippen LogP contribution in [0.5, 0.6) is 0 Å². The van der Waals surface area contributed by atoms with Gasteiger partial charge < -0.3 is 25.0 Å². The van der Waals surface area contributed by atoms with Crippen molar-refractivity contribution in [1.82, 2.24) is 15.5 Å². The Balaban J connectivity index is 1.87. The highest BCUT2D eigenvalue weighted by Gasteiger charge is 2.41. The number of nitro groups is 1. The molecule has 0 saturated carbocycles. The summed E-state index contributed by atoms with van der Waals surface area (Å²) in [6.45, 7) is 0.440. The summed E-state index contributed by atoms with van der Waals surface area (Å²) >= 11 is 0. The summed E-state index contributed by atoms with van der Waals surface area (Å²) in [6, 6.07) is 4.63. The SMILES string of the molecule is COC(CN1CC2=C(C1=O)[C@H](c1ccc([N+](=O)[O-])cc1)NC(=O)N2)OC. The highest BCUT2D eigenvalue weighted by atomic mass is 16.7. The van der Waals surface area contributed by atoms with Crippen LogP contribution in [-0.4, -0.2) is 55.4 Å². The maximum absolute atomic E-state index is 12.8. The standard InChI is InChI=1S/C16H18N4O6/c1-25-12(26-2)8-19-7-11-13(15(19)21)14(18-16(22)17-11)9-3-5-10(6-4-9)20(23)24/h3-6,12,14H,7-8H2,1-2H3,(H2,17,18,22)/t14-/m0/s1. The molecule has 138 valence electrons. The van der Waals surface area contributed by atoms with E-state index in [9.17, 15) is 19.7 Å². The highest BCUT2D eigenvalue weighted by molar-refractivity contribution is 6.01. The number of urea groups is 1. The summed E-state index contributed by atoms with van der Waals surface area (Å²) < 4.78 is 10.3. The second-order valence-electron chi connectivity index (χ2n) is 5.86. The van der Waals surface area contributed by atoms with Gasteiger partial charge >= 0.3 is 6.03 Å². The molecule has 2 aliphatic heterocycles. The average molecular weight is 362 g/mol. The molecule has 1 aromatic rings. The van der Waals surface area contributed by atoms with Gasteiger partial charge in [-0.1, -0.05) is 0 Å². The number of amides is 3. The van der Waals surface area contributed by atoms with Crippen LogP contribution in [0.25, 0.3) is 0 Å². The van der Waals surface area contributed by atoms with Gasteiger partial charge in [-0.15, -0.1) is 0 Å². The number of carbonyl (C=O) groups is 2. The van der Waals surface area contributed by atoms with Crippen molar-refractivity contribution in [3.05, 3.63) is 51.2 Å². The number of nitro benzene ring substituents is 1. The Bertz CT molecular complexity index is 771. The summed E-state index contributed by atoms with van der Waals surface area (Å²) in [7, 11) is 2.95. The van der Waals surface area contributed by atoms with Crippen molar-refractivity contribution < 1.29 is 24.0 Å². The molecule has 0 radical (unpaired) electrons. The third kappa shape index (κ3) is 3.24. The first-order chi connectivity index (χ1) is 12.4. The predicted octanol–water partition coefficient (Wildman–Crippen LogP) is 0.664. The van der Waals surface area contributed by atoms with E-state index in [0.717, 1.165) is 0 Å². The summed E-state index contributed by atoms with van der Waals surface area (Å²) in [5.41, 5.74) is 1.44. The number of nitrogens with zero attached hydrogens (tertiary/aromatic N) is 2. The normalized spacial score (nSPS) is 19.5. The molecule has 2 aliphatic rings. The molecule has 0 spiro atoms. The first-order valence-corrected chi connectivity index (χ1v) is 7.84. The van der Waals surface area contributed by atoms with Gasteiger partial charge in [0.25, 0.3) is 11.6 Å². The molecule has 0 saturated heterocycles. The number of methoxy groups -OCH3 is 2. The zero-order valence-corrected chi connectivity index (χ0v) is 14.2. The lowest BCUT2D eigenvalue weighted by Crippen LogP contribution is -2.44. The first-order valence-electron chi connectivity index (χ1n) is 7.84. The largest absolute Gasteiger partial charge is 0.354 e. The number of carbonyl (C=O) groups excluding carboxylic acids is 2. The van der Waals surface area contributed by atoms with Crippen molar-refractivity contribution in [2.45, 2.75) is 12.3 Å². The minimum atomic E-state index is -0.680. The van der Waals surface area contributed by atoms with E-state index in [0.29, 0.717) is 16.8 Å². The van der Waals surface area contributed by atoms with Gasteiger partial charge in [-0.25, -0.2) is 4.79 Å².